The van der Waals surface area contributed by atoms with Gasteiger partial charge in [-0.15, -0.1) is 0 Å². The van der Waals surface area contributed by atoms with Crippen LogP contribution >= 0.6 is 0 Å². The predicted octanol–water partition coefficient (Wildman–Crippen LogP) is 16.3. The molecule has 10 rings (SSSR count). The minimum Gasteiger partial charge on any atom is -0.310 e. The van der Waals surface area contributed by atoms with E-state index in [1.807, 2.05) is 0 Å². The molecule has 58 heavy (non-hydrogen) atoms. The van der Waals surface area contributed by atoms with Crippen LogP contribution in [0.1, 0.15) is 30.9 Å². The van der Waals surface area contributed by atoms with Crippen molar-refractivity contribution in [2.24, 2.45) is 0 Å². The molecule has 0 aliphatic carbocycles. The van der Waals surface area contributed by atoms with Crippen molar-refractivity contribution in [2.45, 2.75) is 26.7 Å². The van der Waals surface area contributed by atoms with Gasteiger partial charge < -0.3 is 9.80 Å². The normalized spacial score (nSPS) is 11.5. The van der Waals surface area contributed by atoms with Gasteiger partial charge in [0.15, 0.2) is 0 Å². The van der Waals surface area contributed by atoms with Crippen LogP contribution in [0.15, 0.2) is 206 Å². The van der Waals surface area contributed by atoms with E-state index >= 15 is 0 Å². The fourth-order valence-electron chi connectivity index (χ4n) is 8.75. The highest BCUT2D eigenvalue weighted by Crippen LogP contribution is 2.52. The third-order valence-electron chi connectivity index (χ3n) is 11.6. The third kappa shape index (κ3) is 6.15. The molecule has 0 unspecified atom stereocenters. The Hall–Kier alpha value is -7.16. The summed E-state index contributed by atoms with van der Waals surface area (Å²) in [5.41, 5.74) is 14.2. The summed E-state index contributed by atoms with van der Waals surface area (Å²) in [5.74, 6) is 0.446. The Kier molecular flexibility index (Phi) is 8.96. The number of benzene rings is 10. The topological polar surface area (TPSA) is 6.48 Å². The van der Waals surface area contributed by atoms with Crippen molar-refractivity contribution in [1.29, 1.82) is 0 Å². The lowest BCUT2D eigenvalue weighted by Crippen LogP contribution is -2.12. The molecule has 0 bridgehead atoms. The summed E-state index contributed by atoms with van der Waals surface area (Å²) in [4.78, 5) is 4.88. The summed E-state index contributed by atoms with van der Waals surface area (Å²) in [6.07, 6.45) is 0. The maximum Gasteiger partial charge on any atom is 0.0546 e. The predicted molar refractivity (Wildman–Crippen MR) is 249 cm³/mol. The van der Waals surface area contributed by atoms with E-state index in [2.05, 4.69) is 237 Å². The van der Waals surface area contributed by atoms with Crippen LogP contribution in [0.2, 0.25) is 0 Å². The van der Waals surface area contributed by atoms with E-state index in [-0.39, 0.29) is 0 Å². The van der Waals surface area contributed by atoms with Gasteiger partial charge in [0.1, 0.15) is 0 Å². The molecule has 0 fully saturated rings. The molecule has 0 heterocycles. The van der Waals surface area contributed by atoms with E-state index in [9.17, 15) is 0 Å². The molecule has 0 atom stereocenters. The number of hydrogen-bond acceptors (Lipinski definition) is 2. The lowest BCUT2D eigenvalue weighted by atomic mass is 9.85. The fraction of sp³-hybridized carbons (Fsp3) is 0.0714. The monoisotopic (exact) mass is 744 g/mol. The lowest BCUT2D eigenvalue weighted by Gasteiger charge is -2.31. The van der Waals surface area contributed by atoms with Crippen LogP contribution in [-0.4, -0.2) is 0 Å². The van der Waals surface area contributed by atoms with E-state index in [4.69, 9.17) is 0 Å². The van der Waals surface area contributed by atoms with Crippen LogP contribution in [0.3, 0.4) is 0 Å². The molecular weight excluding hydrogens is 701 g/mol. The van der Waals surface area contributed by atoms with Gasteiger partial charge >= 0.3 is 0 Å². The highest BCUT2D eigenvalue weighted by atomic mass is 15.1. The minimum absolute atomic E-state index is 0.446. The smallest absolute Gasteiger partial charge is 0.0546 e. The maximum atomic E-state index is 2.45. The number of rotatable bonds is 9. The van der Waals surface area contributed by atoms with Crippen LogP contribution in [0.25, 0.3) is 54.6 Å². The SMILES string of the molecule is Cc1ccc(N(c2ccccc2)c2cc(-c3ccccc3)c3ccc4c(N(c5ccccc5)c5ccc(C(C)C)cc5)cc(-c5ccccc5)c5ccc2c3c54)cc1. The van der Waals surface area contributed by atoms with Gasteiger partial charge in [0, 0.05) is 44.3 Å². The molecule has 0 aliphatic rings. The molecule has 10 aromatic rings. The highest BCUT2D eigenvalue weighted by Gasteiger charge is 2.25. The maximum absolute atomic E-state index is 2.45. The van der Waals surface area contributed by atoms with Crippen LogP contribution in [0.5, 0.6) is 0 Å². The van der Waals surface area contributed by atoms with Crippen LogP contribution < -0.4 is 9.80 Å². The Labute approximate surface area is 341 Å². The van der Waals surface area contributed by atoms with Gasteiger partial charge in [-0.05, 0) is 112 Å². The lowest BCUT2D eigenvalue weighted by molar-refractivity contribution is 0.866. The molecule has 0 aromatic heterocycles. The average Bonchev–Trinajstić information content (AvgIpc) is 3.28. The number of para-hydroxylation sites is 2. The van der Waals surface area contributed by atoms with Gasteiger partial charge in [0.2, 0.25) is 0 Å². The standard InChI is InChI=1S/C56H44N2/c1-38(2)40-26-30-46(31-27-40)58(44-22-14-7-15-23-44)54-37-52(42-18-10-5-11-19-42)48-32-34-49-53(57(43-20-12-6-13-21-43)45-28-24-39(3)25-29-45)36-51(41-16-8-4-9-17-41)47-33-35-50(54)56(48)55(47)49/h4-38H,1-3H3. The molecular formula is C56H44N2. The average molecular weight is 745 g/mol. The van der Waals surface area contributed by atoms with E-state index in [1.165, 1.54) is 65.7 Å². The number of aryl methyl sites for hydroxylation is 1. The molecule has 0 radical (unpaired) electrons. The van der Waals surface area contributed by atoms with Crippen LogP contribution in [0, 0.1) is 6.92 Å². The number of anilines is 6. The molecule has 0 N–H and O–H groups in total. The number of nitrogens with zero attached hydrogens (tertiary/aromatic N) is 2. The summed E-state index contributed by atoms with van der Waals surface area (Å²) >= 11 is 0. The van der Waals surface area contributed by atoms with Crippen LogP contribution in [0.4, 0.5) is 34.1 Å². The van der Waals surface area contributed by atoms with Crippen LogP contribution in [-0.2, 0) is 0 Å². The zero-order chi connectivity index (χ0) is 39.2. The molecule has 2 nitrogen and oxygen atoms in total. The second-order valence-electron chi connectivity index (χ2n) is 15.6. The van der Waals surface area contributed by atoms with Crippen molar-refractivity contribution in [3.8, 4) is 22.3 Å². The van der Waals surface area contributed by atoms with Crippen molar-refractivity contribution < 1.29 is 0 Å². The van der Waals surface area contributed by atoms with Crippen molar-refractivity contribution in [1.82, 2.24) is 0 Å². The molecule has 0 amide bonds. The second kappa shape index (κ2) is 14.7. The number of hydrogen-bond donors (Lipinski definition) is 0. The molecule has 278 valence electrons. The summed E-state index contributed by atoms with van der Waals surface area (Å²) < 4.78 is 0. The Bertz CT molecular complexity index is 2990. The summed E-state index contributed by atoms with van der Waals surface area (Å²) in [7, 11) is 0. The molecule has 0 saturated carbocycles. The van der Waals surface area contributed by atoms with Gasteiger partial charge in [-0.3, -0.25) is 0 Å². The highest BCUT2D eigenvalue weighted by molar-refractivity contribution is 6.32. The largest absolute Gasteiger partial charge is 0.310 e. The van der Waals surface area contributed by atoms with E-state index < -0.39 is 0 Å². The zero-order valence-corrected chi connectivity index (χ0v) is 33.1. The zero-order valence-electron chi connectivity index (χ0n) is 33.1. The van der Waals surface area contributed by atoms with Crippen molar-refractivity contribution in [2.75, 3.05) is 9.80 Å². The van der Waals surface area contributed by atoms with E-state index in [0.29, 0.717) is 5.92 Å². The molecule has 10 aromatic carbocycles. The first-order valence-electron chi connectivity index (χ1n) is 20.3. The Morgan fingerprint density at radius 3 is 1.09 bits per heavy atom. The first-order valence-corrected chi connectivity index (χ1v) is 20.3. The summed E-state index contributed by atoms with van der Waals surface area (Å²) in [5, 5.41) is 7.43. The van der Waals surface area contributed by atoms with Crippen molar-refractivity contribution in [3.63, 3.8) is 0 Å². The summed E-state index contributed by atoms with van der Waals surface area (Å²) in [6.45, 7) is 6.67. The molecule has 2 heteroatoms. The van der Waals surface area contributed by atoms with Gasteiger partial charge in [0.25, 0.3) is 0 Å². The van der Waals surface area contributed by atoms with Gasteiger partial charge in [-0.25, -0.2) is 0 Å². The second-order valence-corrected chi connectivity index (χ2v) is 15.6. The van der Waals surface area contributed by atoms with Gasteiger partial charge in [-0.1, -0.05) is 165 Å². The fourth-order valence-corrected chi connectivity index (χ4v) is 8.75. The Balaban J connectivity index is 1.36. The van der Waals surface area contributed by atoms with Crippen molar-refractivity contribution in [3.05, 3.63) is 217 Å². The molecule has 0 spiro atoms. The Morgan fingerprint density at radius 1 is 0.345 bits per heavy atom. The minimum atomic E-state index is 0.446. The first-order chi connectivity index (χ1) is 28.5. The first kappa shape index (κ1) is 35.3. The third-order valence-corrected chi connectivity index (χ3v) is 11.6. The molecule has 0 saturated heterocycles. The molecule has 0 aliphatic heterocycles. The van der Waals surface area contributed by atoms with Crippen molar-refractivity contribution >= 4 is 66.4 Å². The Morgan fingerprint density at radius 2 is 0.690 bits per heavy atom. The van der Waals surface area contributed by atoms with Gasteiger partial charge in [0.05, 0.1) is 11.4 Å². The summed E-state index contributed by atoms with van der Waals surface area (Å²) in [6, 6.07) is 75.8. The van der Waals surface area contributed by atoms with E-state index in [0.717, 1.165) is 34.1 Å². The quantitative estimate of drug-likeness (QED) is 0.136. The van der Waals surface area contributed by atoms with E-state index in [1.54, 1.807) is 0 Å². The van der Waals surface area contributed by atoms with Gasteiger partial charge in [-0.2, -0.15) is 0 Å².